The van der Waals surface area contributed by atoms with E-state index in [1.807, 2.05) is 0 Å². The Bertz CT molecular complexity index is 642. The molecule has 0 radical (unpaired) electrons. The predicted octanol–water partition coefficient (Wildman–Crippen LogP) is 4.26. The van der Waals surface area contributed by atoms with Crippen LogP contribution in [0.25, 0.3) is 0 Å². The Morgan fingerprint density at radius 2 is 1.96 bits per heavy atom. The van der Waals surface area contributed by atoms with Gasteiger partial charge in [-0.15, -0.1) is 0 Å². The highest BCUT2D eigenvalue weighted by Crippen LogP contribution is 2.45. The van der Waals surface area contributed by atoms with E-state index in [9.17, 15) is 18.0 Å². The first-order valence-electron chi connectivity index (χ1n) is 7.45. The molecule has 1 heterocycles. The van der Waals surface area contributed by atoms with Crippen molar-refractivity contribution < 1.29 is 32.2 Å². The van der Waals surface area contributed by atoms with E-state index in [2.05, 4.69) is 0 Å². The molecule has 0 fully saturated rings. The molecule has 0 N–H and O–H groups in total. The van der Waals surface area contributed by atoms with Crippen LogP contribution in [-0.4, -0.2) is 18.4 Å². The van der Waals surface area contributed by atoms with Crippen molar-refractivity contribution in [3.8, 4) is 11.5 Å². The lowest BCUT2D eigenvalue weighted by Crippen LogP contribution is -2.22. The summed E-state index contributed by atoms with van der Waals surface area (Å²) in [6.07, 6.45) is -0.926. The minimum atomic E-state index is -4.51. The number of ether oxygens (including phenoxy) is 3. The van der Waals surface area contributed by atoms with Crippen LogP contribution in [0, 0.1) is 0 Å². The molecule has 132 valence electrons. The number of esters is 1. The fourth-order valence-electron chi connectivity index (χ4n) is 2.19. The number of halogens is 3. The van der Waals surface area contributed by atoms with Crippen LogP contribution >= 0.6 is 0 Å². The van der Waals surface area contributed by atoms with Crippen LogP contribution in [0.1, 0.15) is 38.3 Å². The van der Waals surface area contributed by atoms with Gasteiger partial charge in [0.25, 0.3) is 0 Å². The van der Waals surface area contributed by atoms with Gasteiger partial charge in [-0.05, 0) is 51.3 Å². The van der Waals surface area contributed by atoms with Crippen molar-refractivity contribution in [1.29, 1.82) is 0 Å². The zero-order valence-electron chi connectivity index (χ0n) is 13.7. The van der Waals surface area contributed by atoms with Crippen molar-refractivity contribution >= 4 is 5.97 Å². The average molecular weight is 344 g/mol. The molecule has 0 atom stereocenters. The summed E-state index contributed by atoms with van der Waals surface area (Å²) in [5.41, 5.74) is -0.968. The molecule has 1 aliphatic heterocycles. The van der Waals surface area contributed by atoms with Crippen LogP contribution in [0.3, 0.4) is 0 Å². The third-order valence-electron chi connectivity index (χ3n) is 3.10. The lowest BCUT2D eigenvalue weighted by atomic mass is 10.0. The highest BCUT2D eigenvalue weighted by molar-refractivity contribution is 5.82. The van der Waals surface area contributed by atoms with Crippen LogP contribution in [-0.2, 0) is 22.1 Å². The topological polar surface area (TPSA) is 44.8 Å². The van der Waals surface area contributed by atoms with Gasteiger partial charge in [-0.25, -0.2) is 4.79 Å². The molecule has 2 rings (SSSR count). The van der Waals surface area contributed by atoms with E-state index in [0.717, 1.165) is 6.07 Å². The van der Waals surface area contributed by atoms with Gasteiger partial charge in [-0.1, -0.05) is 6.08 Å². The molecule has 0 saturated heterocycles. The normalized spacial score (nSPS) is 14.2. The third-order valence-corrected chi connectivity index (χ3v) is 3.10. The van der Waals surface area contributed by atoms with Crippen molar-refractivity contribution in [1.82, 2.24) is 0 Å². The largest absolute Gasteiger partial charge is 0.457 e. The monoisotopic (exact) mass is 344 g/mol. The number of allylic oxidation sites excluding steroid dienone is 1. The molecule has 0 saturated carbocycles. The molecule has 0 bridgehead atoms. The summed E-state index contributed by atoms with van der Waals surface area (Å²) in [5.74, 6) is -0.657. The number of carbonyl (C=O) groups is 1. The van der Waals surface area contributed by atoms with Gasteiger partial charge in [0.05, 0.1) is 0 Å². The van der Waals surface area contributed by atoms with Crippen molar-refractivity contribution in [2.75, 3.05) is 6.79 Å². The van der Waals surface area contributed by atoms with Crippen LogP contribution in [0.15, 0.2) is 24.3 Å². The molecular weight excluding hydrogens is 325 g/mol. The second-order valence-electron chi connectivity index (χ2n) is 6.35. The van der Waals surface area contributed by atoms with E-state index >= 15 is 0 Å². The molecule has 1 aromatic carbocycles. The van der Waals surface area contributed by atoms with Gasteiger partial charge in [0.15, 0.2) is 11.5 Å². The number of rotatable bonds is 4. The lowest BCUT2D eigenvalue weighted by Gasteiger charge is -2.17. The van der Waals surface area contributed by atoms with E-state index in [-0.39, 0.29) is 18.3 Å². The molecule has 0 unspecified atom stereocenters. The number of fused-ring (bicyclic) bond motifs is 1. The van der Waals surface area contributed by atoms with Gasteiger partial charge in [0, 0.05) is 6.08 Å². The standard InChI is InChI=1S/C17H19F3O4/c1-16(2,3)24-14(21)7-5-4-6-11-8-12(17(18,19)20)15-13(9-11)22-10-23-15/h5,7-9H,4,6,10H2,1-3H3/b7-5+. The van der Waals surface area contributed by atoms with Crippen molar-refractivity contribution in [3.05, 3.63) is 35.4 Å². The van der Waals surface area contributed by atoms with Gasteiger partial charge >= 0.3 is 12.1 Å². The molecule has 0 aliphatic carbocycles. The number of hydrogen-bond donors (Lipinski definition) is 0. The fourth-order valence-corrected chi connectivity index (χ4v) is 2.19. The van der Waals surface area contributed by atoms with Crippen molar-refractivity contribution in [3.63, 3.8) is 0 Å². The number of hydrogen-bond acceptors (Lipinski definition) is 4. The minimum Gasteiger partial charge on any atom is -0.457 e. The Morgan fingerprint density at radius 1 is 1.25 bits per heavy atom. The summed E-state index contributed by atoms with van der Waals surface area (Å²) in [4.78, 5) is 11.5. The highest BCUT2D eigenvalue weighted by Gasteiger charge is 2.38. The quantitative estimate of drug-likeness (QED) is 0.605. The van der Waals surface area contributed by atoms with Crippen LogP contribution in [0.4, 0.5) is 13.2 Å². The molecule has 4 nitrogen and oxygen atoms in total. The Morgan fingerprint density at radius 3 is 2.58 bits per heavy atom. The average Bonchev–Trinajstić information content (AvgIpc) is 2.87. The minimum absolute atomic E-state index is 0.0935. The molecule has 1 aromatic rings. The highest BCUT2D eigenvalue weighted by atomic mass is 19.4. The predicted molar refractivity (Wildman–Crippen MR) is 80.9 cm³/mol. The first-order chi connectivity index (χ1) is 11.1. The van der Waals surface area contributed by atoms with Crippen molar-refractivity contribution in [2.24, 2.45) is 0 Å². The second kappa shape index (κ2) is 6.75. The van der Waals surface area contributed by atoms with Crippen LogP contribution in [0.5, 0.6) is 11.5 Å². The van der Waals surface area contributed by atoms with E-state index in [1.54, 1.807) is 26.8 Å². The van der Waals surface area contributed by atoms with Crippen LogP contribution in [0.2, 0.25) is 0 Å². The first-order valence-corrected chi connectivity index (χ1v) is 7.45. The summed E-state index contributed by atoms with van der Waals surface area (Å²) >= 11 is 0. The van der Waals surface area contributed by atoms with E-state index in [1.165, 1.54) is 12.1 Å². The summed E-state index contributed by atoms with van der Waals surface area (Å²) in [5, 5.41) is 0. The summed E-state index contributed by atoms with van der Waals surface area (Å²) in [7, 11) is 0. The Labute approximate surface area is 138 Å². The Hall–Kier alpha value is -2.18. The van der Waals surface area contributed by atoms with Gasteiger partial charge in [-0.2, -0.15) is 13.2 Å². The lowest BCUT2D eigenvalue weighted by molar-refractivity contribution is -0.148. The molecular formula is C17H19F3O4. The molecule has 0 aromatic heterocycles. The molecule has 0 spiro atoms. The maximum Gasteiger partial charge on any atom is 0.420 e. The third kappa shape index (κ3) is 4.91. The summed E-state index contributed by atoms with van der Waals surface area (Å²) < 4.78 is 54.3. The van der Waals surface area contributed by atoms with E-state index in [4.69, 9.17) is 14.2 Å². The zero-order valence-corrected chi connectivity index (χ0v) is 13.7. The van der Waals surface area contributed by atoms with E-state index in [0.29, 0.717) is 18.4 Å². The van der Waals surface area contributed by atoms with Crippen LogP contribution < -0.4 is 9.47 Å². The number of carbonyl (C=O) groups excluding carboxylic acids is 1. The number of aryl methyl sites for hydroxylation is 1. The maximum absolute atomic E-state index is 13.1. The smallest absolute Gasteiger partial charge is 0.420 e. The fraction of sp³-hybridized carbons (Fsp3) is 0.471. The Balaban J connectivity index is 2.02. The zero-order chi connectivity index (χ0) is 18.0. The number of alkyl halides is 3. The first kappa shape index (κ1) is 18.2. The molecule has 0 amide bonds. The molecule has 1 aliphatic rings. The van der Waals surface area contributed by atoms with Gasteiger partial charge in [-0.3, -0.25) is 0 Å². The Kier molecular flexibility index (Phi) is 5.11. The summed E-state index contributed by atoms with van der Waals surface area (Å²) in [6.45, 7) is 5.04. The number of benzene rings is 1. The van der Waals surface area contributed by atoms with Crippen molar-refractivity contribution in [2.45, 2.75) is 45.4 Å². The molecule has 24 heavy (non-hydrogen) atoms. The molecule has 7 heteroatoms. The van der Waals surface area contributed by atoms with Gasteiger partial charge in [0.2, 0.25) is 6.79 Å². The maximum atomic E-state index is 13.1. The summed E-state index contributed by atoms with van der Waals surface area (Å²) in [6, 6.07) is 2.58. The van der Waals surface area contributed by atoms with E-state index < -0.39 is 23.3 Å². The van der Waals surface area contributed by atoms with Gasteiger partial charge < -0.3 is 14.2 Å². The SMILES string of the molecule is CC(C)(C)OC(=O)/C=C/CCc1cc2c(c(C(F)(F)F)c1)OCO2. The van der Waals surface area contributed by atoms with Gasteiger partial charge in [0.1, 0.15) is 11.2 Å². The second-order valence-corrected chi connectivity index (χ2v) is 6.35.